The van der Waals surface area contributed by atoms with Crippen molar-refractivity contribution < 1.29 is 14.4 Å². The summed E-state index contributed by atoms with van der Waals surface area (Å²) >= 11 is 0. The van der Waals surface area contributed by atoms with E-state index in [0.717, 1.165) is 21.1 Å². The van der Waals surface area contributed by atoms with Crippen molar-refractivity contribution in [2.24, 2.45) is 0 Å². The Labute approximate surface area is 195 Å². The van der Waals surface area contributed by atoms with E-state index in [9.17, 15) is 14.4 Å². The summed E-state index contributed by atoms with van der Waals surface area (Å²) in [6.07, 6.45) is 3.22. The van der Waals surface area contributed by atoms with Gasteiger partial charge in [0.1, 0.15) is 12.1 Å². The second kappa shape index (κ2) is 7.95. The van der Waals surface area contributed by atoms with Gasteiger partial charge in [-0.05, 0) is 49.2 Å². The lowest BCUT2D eigenvalue weighted by atomic mass is 9.90. The third-order valence-corrected chi connectivity index (χ3v) is 6.11. The lowest BCUT2D eigenvalue weighted by Gasteiger charge is -2.22. The molecular weight excluding hydrogens is 432 g/mol. The molecule has 4 amide bonds. The fourth-order valence-corrected chi connectivity index (χ4v) is 4.27. The lowest BCUT2D eigenvalue weighted by Crippen LogP contribution is -2.42. The molecular formula is C25H24N6O3. The van der Waals surface area contributed by atoms with Crippen molar-refractivity contribution in [3.63, 3.8) is 0 Å². The molecule has 0 saturated carbocycles. The van der Waals surface area contributed by atoms with Gasteiger partial charge in [-0.25, -0.2) is 14.5 Å². The van der Waals surface area contributed by atoms with Crippen LogP contribution in [0.5, 0.6) is 0 Å². The second-order valence-electron chi connectivity index (χ2n) is 8.88. The highest BCUT2D eigenvalue weighted by molar-refractivity contribution is 6.10. The molecule has 3 heterocycles. The van der Waals surface area contributed by atoms with Crippen LogP contribution in [0.3, 0.4) is 0 Å². The molecule has 1 saturated heterocycles. The standard InChI is InChI=1S/C25H24N6O3/c1-15(2)31-22-18(12-27-31)11-20(13-26-22)28-21(32)14-30-23(33)25(3,29-24(30)34)19-9-8-16-6-4-5-7-17(16)10-19/h4-13,15H,14H2,1-3H3,(H,28,32)(H,29,34)/t25-/m0/s1. The van der Waals surface area contributed by atoms with E-state index in [4.69, 9.17) is 0 Å². The van der Waals surface area contributed by atoms with Crippen LogP contribution in [0.1, 0.15) is 32.4 Å². The molecule has 0 spiro atoms. The summed E-state index contributed by atoms with van der Waals surface area (Å²) in [6, 6.07) is 14.7. The van der Waals surface area contributed by atoms with Crippen molar-refractivity contribution in [2.75, 3.05) is 11.9 Å². The predicted molar refractivity (Wildman–Crippen MR) is 128 cm³/mol. The smallest absolute Gasteiger partial charge is 0.323 e. The molecule has 4 aromatic rings. The van der Waals surface area contributed by atoms with Crippen molar-refractivity contribution in [2.45, 2.75) is 32.4 Å². The highest BCUT2D eigenvalue weighted by Crippen LogP contribution is 2.31. The van der Waals surface area contributed by atoms with Crippen molar-refractivity contribution in [3.8, 4) is 0 Å². The fraction of sp³-hybridized carbons (Fsp3) is 0.240. The van der Waals surface area contributed by atoms with Crippen LogP contribution in [0.15, 0.2) is 60.9 Å². The minimum Gasteiger partial charge on any atom is -0.323 e. The summed E-state index contributed by atoms with van der Waals surface area (Å²) in [4.78, 5) is 43.9. The van der Waals surface area contributed by atoms with Gasteiger partial charge >= 0.3 is 6.03 Å². The molecule has 5 rings (SSSR count). The molecule has 0 radical (unpaired) electrons. The number of carbonyl (C=O) groups is 3. The van der Waals surface area contributed by atoms with Gasteiger partial charge in [0.15, 0.2) is 5.65 Å². The van der Waals surface area contributed by atoms with Crippen molar-refractivity contribution in [1.82, 2.24) is 25.0 Å². The third-order valence-electron chi connectivity index (χ3n) is 6.11. The molecule has 2 aromatic heterocycles. The topological polar surface area (TPSA) is 109 Å². The first-order chi connectivity index (χ1) is 16.3. The normalized spacial score (nSPS) is 18.2. The zero-order valence-corrected chi connectivity index (χ0v) is 19.1. The number of rotatable bonds is 5. The maximum absolute atomic E-state index is 13.2. The zero-order chi connectivity index (χ0) is 24.0. The summed E-state index contributed by atoms with van der Waals surface area (Å²) in [5.41, 5.74) is 0.579. The summed E-state index contributed by atoms with van der Waals surface area (Å²) < 4.78 is 1.79. The highest BCUT2D eigenvalue weighted by atomic mass is 16.2. The summed E-state index contributed by atoms with van der Waals surface area (Å²) in [5, 5.41) is 12.6. The molecule has 1 fully saturated rings. The number of hydrogen-bond acceptors (Lipinski definition) is 5. The lowest BCUT2D eigenvalue weighted by molar-refractivity contribution is -0.133. The Morgan fingerprint density at radius 3 is 2.59 bits per heavy atom. The molecule has 1 aliphatic rings. The number of anilines is 1. The maximum atomic E-state index is 13.2. The second-order valence-corrected chi connectivity index (χ2v) is 8.88. The van der Waals surface area contributed by atoms with Gasteiger partial charge in [0.25, 0.3) is 5.91 Å². The van der Waals surface area contributed by atoms with E-state index in [1.165, 1.54) is 6.20 Å². The van der Waals surface area contributed by atoms with E-state index in [1.807, 2.05) is 56.3 Å². The Kier molecular flexibility index (Phi) is 5.04. The average Bonchev–Trinajstić information content (AvgIpc) is 3.33. The molecule has 1 atom stereocenters. The summed E-state index contributed by atoms with van der Waals surface area (Å²) in [5.74, 6) is -0.974. The summed E-state index contributed by atoms with van der Waals surface area (Å²) in [6.45, 7) is 5.26. The number of nitrogens with one attached hydrogen (secondary N) is 2. The van der Waals surface area contributed by atoms with Gasteiger partial charge in [-0.15, -0.1) is 0 Å². The summed E-state index contributed by atoms with van der Waals surface area (Å²) in [7, 11) is 0. The molecule has 0 aliphatic carbocycles. The Hall–Kier alpha value is -4.27. The number of aromatic nitrogens is 3. The van der Waals surface area contributed by atoms with Crippen LogP contribution in [-0.2, 0) is 15.1 Å². The van der Waals surface area contributed by atoms with Crippen molar-refractivity contribution in [1.29, 1.82) is 0 Å². The van der Waals surface area contributed by atoms with Crippen LogP contribution in [0, 0.1) is 0 Å². The number of amides is 4. The van der Waals surface area contributed by atoms with Gasteiger partial charge in [0.2, 0.25) is 5.91 Å². The largest absolute Gasteiger partial charge is 0.325 e. The Morgan fingerprint density at radius 1 is 1.06 bits per heavy atom. The van der Waals surface area contributed by atoms with E-state index in [2.05, 4.69) is 20.7 Å². The number of pyridine rings is 1. The quantitative estimate of drug-likeness (QED) is 0.446. The molecule has 0 bridgehead atoms. The zero-order valence-electron chi connectivity index (χ0n) is 19.1. The molecule has 9 nitrogen and oxygen atoms in total. The average molecular weight is 457 g/mol. The monoisotopic (exact) mass is 456 g/mol. The first-order valence-electron chi connectivity index (χ1n) is 11.0. The Morgan fingerprint density at radius 2 is 1.82 bits per heavy atom. The number of benzene rings is 2. The Bertz CT molecular complexity index is 1460. The van der Waals surface area contributed by atoms with Gasteiger partial charge in [-0.1, -0.05) is 36.4 Å². The number of nitrogens with zero attached hydrogens (tertiary/aromatic N) is 4. The predicted octanol–water partition coefficient (Wildman–Crippen LogP) is 3.57. The van der Waals surface area contributed by atoms with Gasteiger partial charge in [0.05, 0.1) is 18.1 Å². The minimum absolute atomic E-state index is 0.155. The minimum atomic E-state index is -1.26. The Balaban J connectivity index is 1.33. The van der Waals surface area contributed by atoms with Gasteiger partial charge in [-0.2, -0.15) is 5.10 Å². The number of carbonyl (C=O) groups excluding carboxylic acids is 3. The number of urea groups is 1. The molecule has 9 heteroatoms. The molecule has 172 valence electrons. The van der Waals surface area contributed by atoms with Gasteiger partial charge in [-0.3, -0.25) is 14.5 Å². The third kappa shape index (κ3) is 3.55. The van der Waals surface area contributed by atoms with Crippen molar-refractivity contribution in [3.05, 3.63) is 66.5 Å². The van der Waals surface area contributed by atoms with E-state index in [-0.39, 0.29) is 6.04 Å². The van der Waals surface area contributed by atoms with E-state index in [0.29, 0.717) is 16.9 Å². The highest BCUT2D eigenvalue weighted by Gasteiger charge is 2.49. The SMILES string of the molecule is CC(C)n1ncc2cc(NC(=O)CN3C(=O)N[C@@](C)(c4ccc5ccccc5c4)C3=O)cnc21. The number of imide groups is 1. The van der Waals surface area contributed by atoms with Gasteiger partial charge in [0, 0.05) is 11.4 Å². The molecule has 34 heavy (non-hydrogen) atoms. The van der Waals surface area contributed by atoms with Crippen LogP contribution in [0.2, 0.25) is 0 Å². The molecule has 0 unspecified atom stereocenters. The molecule has 2 N–H and O–H groups in total. The van der Waals surface area contributed by atoms with E-state index >= 15 is 0 Å². The number of fused-ring (bicyclic) bond motifs is 2. The maximum Gasteiger partial charge on any atom is 0.325 e. The number of hydrogen-bond donors (Lipinski definition) is 2. The molecule has 2 aromatic carbocycles. The van der Waals surface area contributed by atoms with Crippen LogP contribution < -0.4 is 10.6 Å². The van der Waals surface area contributed by atoms with E-state index < -0.39 is 29.9 Å². The molecule has 1 aliphatic heterocycles. The van der Waals surface area contributed by atoms with Crippen LogP contribution in [0.4, 0.5) is 10.5 Å². The van der Waals surface area contributed by atoms with Crippen LogP contribution in [-0.4, -0.2) is 44.1 Å². The first kappa shape index (κ1) is 21.6. The van der Waals surface area contributed by atoms with E-state index in [1.54, 1.807) is 23.9 Å². The van der Waals surface area contributed by atoms with Crippen LogP contribution in [0.25, 0.3) is 21.8 Å². The van der Waals surface area contributed by atoms with Gasteiger partial charge < -0.3 is 10.6 Å². The van der Waals surface area contributed by atoms with Crippen LogP contribution >= 0.6 is 0 Å². The first-order valence-corrected chi connectivity index (χ1v) is 11.0. The van der Waals surface area contributed by atoms with Crippen molar-refractivity contribution >= 4 is 45.3 Å². The fourth-order valence-electron chi connectivity index (χ4n) is 4.27.